The number of benzene rings is 2. The maximum Gasteiger partial charge on any atom is 0.340 e. The number of halogens is 1. The zero-order chi connectivity index (χ0) is 17.0. The average molecular weight is 377 g/mol. The molecule has 0 spiro atoms. The Bertz CT molecular complexity index is 759. The standard InChI is InChI=1S/C17H17BrN2O3/c1-10-3-6-15(11(2)7-10)20-16(21)9-23-17(22)13-8-12(18)4-5-14(13)19/h3-8H,9,19H2,1-2H3,(H,20,21). The lowest BCUT2D eigenvalue weighted by atomic mass is 10.1. The van der Waals surface area contributed by atoms with Gasteiger partial charge in [-0.3, -0.25) is 4.79 Å². The Hall–Kier alpha value is -2.34. The first-order chi connectivity index (χ1) is 10.9. The third-order valence-electron chi connectivity index (χ3n) is 3.23. The molecule has 2 rings (SSSR count). The molecule has 2 aromatic carbocycles. The molecule has 0 aliphatic rings. The van der Waals surface area contributed by atoms with Gasteiger partial charge in [-0.05, 0) is 43.7 Å². The smallest absolute Gasteiger partial charge is 0.340 e. The second kappa shape index (κ2) is 7.28. The van der Waals surface area contributed by atoms with Crippen LogP contribution in [0.4, 0.5) is 11.4 Å². The number of ether oxygens (including phenoxy) is 1. The van der Waals surface area contributed by atoms with Gasteiger partial charge in [0.1, 0.15) is 0 Å². The van der Waals surface area contributed by atoms with Gasteiger partial charge >= 0.3 is 5.97 Å². The first-order valence-electron chi connectivity index (χ1n) is 6.96. The van der Waals surface area contributed by atoms with Crippen LogP contribution in [0.25, 0.3) is 0 Å². The van der Waals surface area contributed by atoms with Gasteiger partial charge in [0, 0.05) is 15.8 Å². The molecule has 120 valence electrons. The third kappa shape index (κ3) is 4.56. The third-order valence-corrected chi connectivity index (χ3v) is 3.72. The Labute approximate surface area is 143 Å². The second-order valence-corrected chi connectivity index (χ2v) is 6.09. The molecule has 0 saturated heterocycles. The van der Waals surface area contributed by atoms with E-state index in [4.69, 9.17) is 10.5 Å². The van der Waals surface area contributed by atoms with Gasteiger partial charge in [-0.1, -0.05) is 33.6 Å². The summed E-state index contributed by atoms with van der Waals surface area (Å²) in [7, 11) is 0. The molecule has 0 bridgehead atoms. The topological polar surface area (TPSA) is 81.4 Å². The lowest BCUT2D eigenvalue weighted by Gasteiger charge is -2.10. The number of rotatable bonds is 4. The highest BCUT2D eigenvalue weighted by atomic mass is 79.9. The predicted molar refractivity (Wildman–Crippen MR) is 93.4 cm³/mol. The van der Waals surface area contributed by atoms with Crippen molar-refractivity contribution in [2.24, 2.45) is 0 Å². The van der Waals surface area contributed by atoms with Crippen molar-refractivity contribution in [3.8, 4) is 0 Å². The van der Waals surface area contributed by atoms with Crippen molar-refractivity contribution >= 4 is 39.2 Å². The van der Waals surface area contributed by atoms with E-state index in [2.05, 4.69) is 21.2 Å². The molecule has 1 amide bonds. The van der Waals surface area contributed by atoms with Gasteiger partial charge in [0.2, 0.25) is 0 Å². The van der Waals surface area contributed by atoms with Crippen LogP contribution in [0.3, 0.4) is 0 Å². The Morgan fingerprint density at radius 3 is 2.61 bits per heavy atom. The number of nitrogen functional groups attached to an aromatic ring is 1. The predicted octanol–water partition coefficient (Wildman–Crippen LogP) is 3.44. The lowest BCUT2D eigenvalue weighted by Crippen LogP contribution is -2.21. The van der Waals surface area contributed by atoms with E-state index in [9.17, 15) is 9.59 Å². The van der Waals surface area contributed by atoms with Crippen molar-refractivity contribution in [3.05, 3.63) is 57.6 Å². The summed E-state index contributed by atoms with van der Waals surface area (Å²) in [6, 6.07) is 10.5. The maximum atomic E-state index is 12.0. The van der Waals surface area contributed by atoms with E-state index in [1.807, 2.05) is 32.0 Å². The number of amides is 1. The molecule has 5 nitrogen and oxygen atoms in total. The van der Waals surface area contributed by atoms with Crippen LogP contribution < -0.4 is 11.1 Å². The van der Waals surface area contributed by atoms with Crippen molar-refractivity contribution in [2.75, 3.05) is 17.7 Å². The van der Waals surface area contributed by atoms with Crippen LogP contribution in [-0.4, -0.2) is 18.5 Å². The highest BCUT2D eigenvalue weighted by Gasteiger charge is 2.14. The Morgan fingerprint density at radius 1 is 1.17 bits per heavy atom. The number of carbonyl (C=O) groups excluding carboxylic acids is 2. The van der Waals surface area contributed by atoms with Crippen LogP contribution in [0.15, 0.2) is 40.9 Å². The first-order valence-corrected chi connectivity index (χ1v) is 7.75. The molecule has 2 aromatic rings. The summed E-state index contributed by atoms with van der Waals surface area (Å²) >= 11 is 3.26. The molecule has 0 fully saturated rings. The fraction of sp³-hybridized carbons (Fsp3) is 0.176. The lowest BCUT2D eigenvalue weighted by molar-refractivity contribution is -0.119. The van der Waals surface area contributed by atoms with Crippen molar-refractivity contribution < 1.29 is 14.3 Å². The molecule has 0 heterocycles. The number of aryl methyl sites for hydroxylation is 2. The van der Waals surface area contributed by atoms with E-state index in [1.54, 1.807) is 18.2 Å². The fourth-order valence-electron chi connectivity index (χ4n) is 2.05. The Kier molecular flexibility index (Phi) is 5.39. The highest BCUT2D eigenvalue weighted by molar-refractivity contribution is 9.10. The molecular weight excluding hydrogens is 360 g/mol. The number of esters is 1. The minimum Gasteiger partial charge on any atom is -0.452 e. The Morgan fingerprint density at radius 2 is 1.91 bits per heavy atom. The molecule has 0 aromatic heterocycles. The minimum absolute atomic E-state index is 0.221. The SMILES string of the molecule is Cc1ccc(NC(=O)COC(=O)c2cc(Br)ccc2N)c(C)c1. The van der Waals surface area contributed by atoms with E-state index >= 15 is 0 Å². The number of carbonyl (C=O) groups is 2. The van der Waals surface area contributed by atoms with Gasteiger partial charge in [0.15, 0.2) is 6.61 Å². The van der Waals surface area contributed by atoms with Crippen LogP contribution in [0.1, 0.15) is 21.5 Å². The summed E-state index contributed by atoms with van der Waals surface area (Å²) in [4.78, 5) is 23.9. The van der Waals surface area contributed by atoms with Crippen LogP contribution in [0.5, 0.6) is 0 Å². The Balaban J connectivity index is 1.96. The van der Waals surface area contributed by atoms with Crippen LogP contribution >= 0.6 is 15.9 Å². The van der Waals surface area contributed by atoms with E-state index in [0.717, 1.165) is 11.1 Å². The van der Waals surface area contributed by atoms with Crippen molar-refractivity contribution in [2.45, 2.75) is 13.8 Å². The van der Waals surface area contributed by atoms with Gasteiger partial charge in [-0.25, -0.2) is 4.79 Å². The number of nitrogens with one attached hydrogen (secondary N) is 1. The van der Waals surface area contributed by atoms with E-state index in [-0.39, 0.29) is 12.2 Å². The van der Waals surface area contributed by atoms with Crippen molar-refractivity contribution in [1.29, 1.82) is 0 Å². The molecule has 0 aliphatic carbocycles. The molecule has 23 heavy (non-hydrogen) atoms. The molecular formula is C17H17BrN2O3. The molecule has 0 radical (unpaired) electrons. The molecule has 0 saturated carbocycles. The van der Waals surface area contributed by atoms with Gasteiger partial charge in [0.05, 0.1) is 5.56 Å². The molecule has 0 unspecified atom stereocenters. The molecule has 6 heteroatoms. The molecule has 0 atom stereocenters. The van der Waals surface area contributed by atoms with E-state index in [0.29, 0.717) is 15.8 Å². The summed E-state index contributed by atoms with van der Waals surface area (Å²) in [5, 5.41) is 2.71. The summed E-state index contributed by atoms with van der Waals surface area (Å²) in [6.07, 6.45) is 0. The van der Waals surface area contributed by atoms with Gasteiger partial charge in [-0.15, -0.1) is 0 Å². The summed E-state index contributed by atoms with van der Waals surface area (Å²) in [6.45, 7) is 3.50. The zero-order valence-electron chi connectivity index (χ0n) is 12.9. The summed E-state index contributed by atoms with van der Waals surface area (Å²) in [5.74, 6) is -1.04. The van der Waals surface area contributed by atoms with Gasteiger partial charge in [-0.2, -0.15) is 0 Å². The van der Waals surface area contributed by atoms with Crippen LogP contribution in [-0.2, 0) is 9.53 Å². The van der Waals surface area contributed by atoms with E-state index < -0.39 is 11.9 Å². The summed E-state index contributed by atoms with van der Waals surface area (Å²) in [5.41, 5.74) is 9.00. The van der Waals surface area contributed by atoms with Gasteiger partial charge in [0.25, 0.3) is 5.91 Å². The van der Waals surface area contributed by atoms with E-state index in [1.165, 1.54) is 0 Å². The zero-order valence-corrected chi connectivity index (χ0v) is 14.4. The number of anilines is 2. The highest BCUT2D eigenvalue weighted by Crippen LogP contribution is 2.19. The van der Waals surface area contributed by atoms with Crippen molar-refractivity contribution in [3.63, 3.8) is 0 Å². The van der Waals surface area contributed by atoms with Crippen molar-refractivity contribution in [1.82, 2.24) is 0 Å². The van der Waals surface area contributed by atoms with Gasteiger partial charge < -0.3 is 15.8 Å². The monoisotopic (exact) mass is 376 g/mol. The second-order valence-electron chi connectivity index (χ2n) is 5.17. The normalized spacial score (nSPS) is 10.2. The van der Waals surface area contributed by atoms with Crippen LogP contribution in [0.2, 0.25) is 0 Å². The number of hydrogen-bond donors (Lipinski definition) is 2. The number of hydrogen-bond acceptors (Lipinski definition) is 4. The molecule has 3 N–H and O–H groups in total. The van der Waals surface area contributed by atoms with Crippen LogP contribution in [0, 0.1) is 13.8 Å². The maximum absolute atomic E-state index is 12.0. The first kappa shape index (κ1) is 17.0. The average Bonchev–Trinajstić information content (AvgIpc) is 2.50. The minimum atomic E-state index is -0.639. The molecule has 0 aliphatic heterocycles. The number of nitrogens with two attached hydrogens (primary N) is 1. The quantitative estimate of drug-likeness (QED) is 0.632. The summed E-state index contributed by atoms with van der Waals surface area (Å²) < 4.78 is 5.72. The fourth-order valence-corrected chi connectivity index (χ4v) is 2.42. The largest absolute Gasteiger partial charge is 0.452 e.